The fourth-order valence-corrected chi connectivity index (χ4v) is 2.91. The van der Waals surface area contributed by atoms with Crippen molar-refractivity contribution in [1.82, 2.24) is 0 Å². The molecule has 1 aliphatic rings. The van der Waals surface area contributed by atoms with Crippen molar-refractivity contribution in [2.75, 3.05) is 17.2 Å². The summed E-state index contributed by atoms with van der Waals surface area (Å²) in [4.78, 5) is 0. The monoisotopic (exact) mass is 316 g/mol. The summed E-state index contributed by atoms with van der Waals surface area (Å²) in [5.74, 6) is 0. The lowest BCUT2D eigenvalue weighted by atomic mass is 10.1. The highest BCUT2D eigenvalue weighted by molar-refractivity contribution is 9.10. The van der Waals surface area contributed by atoms with Crippen LogP contribution in [0.1, 0.15) is 16.7 Å². The number of benzene rings is 2. The summed E-state index contributed by atoms with van der Waals surface area (Å²) in [6.45, 7) is 4.04. The zero-order valence-corrected chi connectivity index (χ0v) is 12.5. The molecule has 0 unspecified atom stereocenters. The summed E-state index contributed by atoms with van der Waals surface area (Å²) < 4.78 is 1.15. The molecule has 0 radical (unpaired) electrons. The number of halogens is 1. The largest absolute Gasteiger partial charge is 0.384 e. The maximum atomic E-state index is 3.57. The molecule has 1 heterocycles. The summed E-state index contributed by atoms with van der Waals surface area (Å²) in [5.41, 5.74) is 6.54. The van der Waals surface area contributed by atoms with E-state index in [-0.39, 0.29) is 0 Å². The fraction of sp³-hybridized carbons (Fsp3) is 0.250. The zero-order chi connectivity index (χ0) is 13.2. The van der Waals surface area contributed by atoms with E-state index in [1.165, 1.54) is 28.1 Å². The molecular formula is C16H17BrN2. The molecule has 0 aromatic heterocycles. The number of para-hydroxylation sites is 1. The van der Waals surface area contributed by atoms with E-state index < -0.39 is 0 Å². The van der Waals surface area contributed by atoms with Crippen molar-refractivity contribution in [2.45, 2.75) is 19.9 Å². The van der Waals surface area contributed by atoms with Gasteiger partial charge in [0, 0.05) is 28.9 Å². The average molecular weight is 317 g/mol. The highest BCUT2D eigenvalue weighted by atomic mass is 79.9. The molecule has 3 heteroatoms. The number of anilines is 2. The van der Waals surface area contributed by atoms with Gasteiger partial charge in [-0.25, -0.2) is 0 Å². The van der Waals surface area contributed by atoms with Crippen LogP contribution < -0.4 is 10.6 Å². The first-order valence-corrected chi connectivity index (χ1v) is 7.38. The maximum Gasteiger partial charge on any atom is 0.0424 e. The number of hydrogen-bond acceptors (Lipinski definition) is 2. The Kier molecular flexibility index (Phi) is 3.47. The lowest BCUT2D eigenvalue weighted by molar-refractivity contribution is 1.11. The molecule has 2 aromatic carbocycles. The Balaban J connectivity index is 1.80. The van der Waals surface area contributed by atoms with Crippen LogP contribution in [0.3, 0.4) is 0 Å². The predicted molar refractivity (Wildman–Crippen MR) is 84.8 cm³/mol. The van der Waals surface area contributed by atoms with E-state index in [0.29, 0.717) is 0 Å². The van der Waals surface area contributed by atoms with Crippen LogP contribution in [-0.2, 0) is 13.0 Å². The highest BCUT2D eigenvalue weighted by Crippen LogP contribution is 2.28. The Morgan fingerprint density at radius 2 is 2.05 bits per heavy atom. The SMILES string of the molecule is Cc1c(Br)cccc1NCc1cccc2c1NCC2. The van der Waals surface area contributed by atoms with Crippen molar-refractivity contribution < 1.29 is 0 Å². The first kappa shape index (κ1) is 12.5. The van der Waals surface area contributed by atoms with Gasteiger partial charge in [-0.05, 0) is 42.2 Å². The molecule has 2 nitrogen and oxygen atoms in total. The Morgan fingerprint density at radius 3 is 2.95 bits per heavy atom. The van der Waals surface area contributed by atoms with Crippen molar-refractivity contribution in [2.24, 2.45) is 0 Å². The first-order valence-electron chi connectivity index (χ1n) is 6.59. The molecule has 1 aliphatic heterocycles. The minimum absolute atomic E-state index is 0.855. The van der Waals surface area contributed by atoms with Gasteiger partial charge in [0.1, 0.15) is 0 Å². The van der Waals surface area contributed by atoms with Crippen LogP contribution in [0.4, 0.5) is 11.4 Å². The topological polar surface area (TPSA) is 24.1 Å². The number of hydrogen-bond donors (Lipinski definition) is 2. The molecule has 0 atom stereocenters. The summed E-state index contributed by atoms with van der Waals surface area (Å²) in [7, 11) is 0. The summed E-state index contributed by atoms with van der Waals surface area (Å²) >= 11 is 3.57. The molecule has 2 N–H and O–H groups in total. The zero-order valence-electron chi connectivity index (χ0n) is 11.0. The van der Waals surface area contributed by atoms with Crippen molar-refractivity contribution in [3.05, 3.63) is 57.6 Å². The van der Waals surface area contributed by atoms with Crippen molar-refractivity contribution in [3.8, 4) is 0 Å². The Bertz CT molecular complexity index is 608. The van der Waals surface area contributed by atoms with Gasteiger partial charge in [0.2, 0.25) is 0 Å². The normalized spacial score (nSPS) is 12.9. The first-order chi connectivity index (χ1) is 9.25. The lowest BCUT2D eigenvalue weighted by Crippen LogP contribution is -2.04. The third-order valence-electron chi connectivity index (χ3n) is 3.67. The Hall–Kier alpha value is -1.48. The second kappa shape index (κ2) is 5.25. The van der Waals surface area contributed by atoms with Gasteiger partial charge in [0.15, 0.2) is 0 Å². The number of nitrogens with one attached hydrogen (secondary N) is 2. The standard InChI is InChI=1S/C16H17BrN2/c1-11-14(17)6-3-7-15(11)19-10-13-5-2-4-12-8-9-18-16(12)13/h2-7,18-19H,8-10H2,1H3. The Morgan fingerprint density at radius 1 is 1.21 bits per heavy atom. The quantitative estimate of drug-likeness (QED) is 0.880. The van der Waals surface area contributed by atoms with Crippen molar-refractivity contribution in [1.29, 1.82) is 0 Å². The van der Waals surface area contributed by atoms with Crippen LogP contribution in [-0.4, -0.2) is 6.54 Å². The van der Waals surface area contributed by atoms with Gasteiger partial charge in [-0.1, -0.05) is 40.2 Å². The summed E-state index contributed by atoms with van der Waals surface area (Å²) in [6, 6.07) is 12.8. The van der Waals surface area contributed by atoms with Crippen LogP contribution in [0, 0.1) is 6.92 Å². The molecule has 0 saturated carbocycles. The van der Waals surface area contributed by atoms with Gasteiger partial charge in [-0.2, -0.15) is 0 Å². The summed E-state index contributed by atoms with van der Waals surface area (Å²) in [6.07, 6.45) is 1.14. The predicted octanol–water partition coefficient (Wildman–Crippen LogP) is 4.34. The van der Waals surface area contributed by atoms with E-state index in [9.17, 15) is 0 Å². The molecule has 0 amide bonds. The van der Waals surface area contributed by atoms with E-state index in [2.05, 4.69) is 69.9 Å². The third-order valence-corrected chi connectivity index (χ3v) is 4.53. The van der Waals surface area contributed by atoms with Crippen LogP contribution in [0.25, 0.3) is 0 Å². The molecule has 0 aliphatic carbocycles. The number of rotatable bonds is 3. The van der Waals surface area contributed by atoms with Gasteiger partial charge >= 0.3 is 0 Å². The van der Waals surface area contributed by atoms with Crippen LogP contribution in [0.15, 0.2) is 40.9 Å². The fourth-order valence-electron chi connectivity index (χ4n) is 2.55. The smallest absolute Gasteiger partial charge is 0.0424 e. The summed E-state index contributed by atoms with van der Waals surface area (Å²) in [5, 5.41) is 7.01. The molecule has 0 spiro atoms. The number of fused-ring (bicyclic) bond motifs is 1. The molecule has 0 saturated heterocycles. The van der Waals surface area contributed by atoms with Gasteiger partial charge in [0.25, 0.3) is 0 Å². The van der Waals surface area contributed by atoms with Gasteiger partial charge in [0.05, 0.1) is 0 Å². The highest BCUT2D eigenvalue weighted by Gasteiger charge is 2.13. The molecule has 98 valence electrons. The van der Waals surface area contributed by atoms with E-state index in [1.807, 2.05) is 0 Å². The molecule has 0 fully saturated rings. The van der Waals surface area contributed by atoms with Crippen LogP contribution in [0.5, 0.6) is 0 Å². The molecule has 3 rings (SSSR count). The van der Waals surface area contributed by atoms with Crippen LogP contribution >= 0.6 is 15.9 Å². The second-order valence-electron chi connectivity index (χ2n) is 4.89. The average Bonchev–Trinajstić information content (AvgIpc) is 2.89. The maximum absolute atomic E-state index is 3.57. The Labute approximate surface area is 122 Å². The molecule has 19 heavy (non-hydrogen) atoms. The lowest BCUT2D eigenvalue weighted by Gasteiger charge is -2.13. The van der Waals surface area contributed by atoms with Gasteiger partial charge in [-0.15, -0.1) is 0 Å². The second-order valence-corrected chi connectivity index (χ2v) is 5.75. The molecular weight excluding hydrogens is 300 g/mol. The van der Waals surface area contributed by atoms with E-state index in [1.54, 1.807) is 0 Å². The third kappa shape index (κ3) is 2.47. The van der Waals surface area contributed by atoms with Gasteiger partial charge in [-0.3, -0.25) is 0 Å². The van der Waals surface area contributed by atoms with E-state index >= 15 is 0 Å². The van der Waals surface area contributed by atoms with Gasteiger partial charge < -0.3 is 10.6 Å². The van der Waals surface area contributed by atoms with Crippen molar-refractivity contribution >= 4 is 27.3 Å². The molecule has 0 bridgehead atoms. The van der Waals surface area contributed by atoms with Crippen LogP contribution in [0.2, 0.25) is 0 Å². The molecule has 2 aromatic rings. The van der Waals surface area contributed by atoms with E-state index in [4.69, 9.17) is 0 Å². The minimum Gasteiger partial charge on any atom is -0.384 e. The van der Waals surface area contributed by atoms with E-state index in [0.717, 1.165) is 24.0 Å². The minimum atomic E-state index is 0.855. The van der Waals surface area contributed by atoms with Crippen molar-refractivity contribution in [3.63, 3.8) is 0 Å².